The summed E-state index contributed by atoms with van der Waals surface area (Å²) in [4.78, 5) is 4.81. The van der Waals surface area contributed by atoms with E-state index in [0.29, 0.717) is 12.1 Å². The molecule has 1 N–H and O–H groups in total. The van der Waals surface area contributed by atoms with Gasteiger partial charge >= 0.3 is 0 Å². The zero-order valence-electron chi connectivity index (χ0n) is 11.0. The van der Waals surface area contributed by atoms with Gasteiger partial charge < -0.3 is 5.32 Å². The second kappa shape index (κ2) is 4.96. The fourth-order valence-electron chi connectivity index (χ4n) is 2.63. The van der Waals surface area contributed by atoms with E-state index in [1.807, 2.05) is 28.7 Å². The van der Waals surface area contributed by atoms with Crippen LogP contribution in [0.15, 0.2) is 17.3 Å². The Kier molecular flexibility index (Phi) is 3.33. The van der Waals surface area contributed by atoms with Crippen molar-refractivity contribution in [3.05, 3.63) is 12.3 Å². The molecule has 0 bridgehead atoms. The largest absolute Gasteiger partial charge is 0.318 e. The molecule has 3 rings (SSSR count). The van der Waals surface area contributed by atoms with Crippen LogP contribution in [0.5, 0.6) is 0 Å². The molecule has 1 aromatic heterocycles. The Hall–Kier alpha value is -0.970. The second-order valence-electron chi connectivity index (χ2n) is 5.40. The van der Waals surface area contributed by atoms with Crippen LogP contribution in [0.3, 0.4) is 0 Å². The van der Waals surface area contributed by atoms with Crippen molar-refractivity contribution in [2.75, 3.05) is 11.1 Å². The quantitative estimate of drug-likeness (QED) is 0.892. The Bertz CT molecular complexity index is 452. The fourth-order valence-corrected chi connectivity index (χ4v) is 3.77. The molecule has 1 fully saturated rings. The smallest absolute Gasteiger partial charge is 0.162 e. The Morgan fingerprint density at radius 2 is 2.33 bits per heavy atom. The minimum absolute atomic E-state index is 0.403. The van der Waals surface area contributed by atoms with E-state index in [4.69, 9.17) is 4.99 Å². The summed E-state index contributed by atoms with van der Waals surface area (Å²) in [6.07, 6.45) is 5.97. The predicted molar refractivity (Wildman–Crippen MR) is 77.3 cm³/mol. The Balaban J connectivity index is 1.68. The van der Waals surface area contributed by atoms with Crippen LogP contribution in [0.1, 0.15) is 39.2 Å². The average molecular weight is 264 g/mol. The number of rotatable bonds is 2. The molecule has 5 heteroatoms. The normalized spacial score (nSPS) is 27.2. The van der Waals surface area contributed by atoms with Crippen molar-refractivity contribution >= 4 is 22.7 Å². The van der Waals surface area contributed by atoms with Crippen molar-refractivity contribution in [3.8, 4) is 0 Å². The van der Waals surface area contributed by atoms with E-state index in [0.717, 1.165) is 16.9 Å². The van der Waals surface area contributed by atoms with Crippen molar-refractivity contribution in [2.45, 2.75) is 45.2 Å². The molecule has 0 amide bonds. The highest BCUT2D eigenvalue weighted by Gasteiger charge is 2.31. The van der Waals surface area contributed by atoms with Crippen molar-refractivity contribution < 1.29 is 0 Å². The van der Waals surface area contributed by atoms with Crippen LogP contribution in [-0.4, -0.2) is 26.7 Å². The van der Waals surface area contributed by atoms with Crippen LogP contribution in [0.25, 0.3) is 0 Å². The summed E-state index contributed by atoms with van der Waals surface area (Å²) < 4.78 is 1.97. The lowest BCUT2D eigenvalue weighted by atomic mass is 10.1. The highest BCUT2D eigenvalue weighted by molar-refractivity contribution is 8.14. The molecule has 2 heterocycles. The number of aromatic nitrogens is 2. The zero-order valence-corrected chi connectivity index (χ0v) is 11.8. The number of hydrogen-bond donors (Lipinski definition) is 1. The third kappa shape index (κ3) is 2.41. The van der Waals surface area contributed by atoms with Crippen LogP contribution in [-0.2, 0) is 0 Å². The highest BCUT2D eigenvalue weighted by atomic mass is 32.2. The molecule has 1 aliphatic heterocycles. The first kappa shape index (κ1) is 12.1. The van der Waals surface area contributed by atoms with E-state index in [2.05, 4.69) is 24.3 Å². The lowest BCUT2D eigenvalue weighted by Gasteiger charge is -2.22. The molecule has 2 atom stereocenters. The number of thioether (sulfide) groups is 1. The molecule has 2 unspecified atom stereocenters. The minimum atomic E-state index is 0.403. The number of amidine groups is 1. The first-order valence-corrected chi connectivity index (χ1v) is 7.73. The Morgan fingerprint density at radius 3 is 3.11 bits per heavy atom. The van der Waals surface area contributed by atoms with Gasteiger partial charge in [-0.1, -0.05) is 18.2 Å². The van der Waals surface area contributed by atoms with Gasteiger partial charge in [0.1, 0.15) is 0 Å². The third-order valence-corrected chi connectivity index (χ3v) is 4.78. The third-order valence-electron chi connectivity index (χ3n) is 3.71. The summed E-state index contributed by atoms with van der Waals surface area (Å²) in [5.41, 5.74) is 0. The van der Waals surface area contributed by atoms with E-state index in [1.165, 1.54) is 25.0 Å². The van der Waals surface area contributed by atoms with Crippen molar-refractivity contribution in [1.82, 2.24) is 9.78 Å². The van der Waals surface area contributed by atoms with Gasteiger partial charge in [-0.05, 0) is 32.6 Å². The van der Waals surface area contributed by atoms with Crippen LogP contribution >= 0.6 is 11.8 Å². The predicted octanol–water partition coefficient (Wildman–Crippen LogP) is 3.15. The first-order chi connectivity index (χ1) is 8.72. The number of anilines is 1. The van der Waals surface area contributed by atoms with Gasteiger partial charge in [0, 0.05) is 24.1 Å². The topological polar surface area (TPSA) is 42.2 Å². The van der Waals surface area contributed by atoms with Gasteiger partial charge in [-0.2, -0.15) is 5.10 Å². The lowest BCUT2D eigenvalue weighted by Crippen LogP contribution is -2.25. The summed E-state index contributed by atoms with van der Waals surface area (Å²) >= 11 is 1.84. The molecule has 98 valence electrons. The first-order valence-electron chi connectivity index (χ1n) is 6.75. The summed E-state index contributed by atoms with van der Waals surface area (Å²) in [6, 6.07) is 2.98. The molecule has 0 aromatic carbocycles. The number of nitrogens with one attached hydrogen (secondary N) is 1. The molecule has 0 spiro atoms. The van der Waals surface area contributed by atoms with Crippen molar-refractivity contribution in [1.29, 1.82) is 0 Å². The van der Waals surface area contributed by atoms with E-state index in [9.17, 15) is 0 Å². The van der Waals surface area contributed by atoms with Gasteiger partial charge in [0.2, 0.25) is 0 Å². The van der Waals surface area contributed by atoms with Crippen molar-refractivity contribution in [3.63, 3.8) is 0 Å². The SMILES string of the molecule is CC(C)n1ccc(NC2=NC3CCCC3CS2)n1. The highest BCUT2D eigenvalue weighted by Crippen LogP contribution is 2.35. The molecule has 1 aliphatic carbocycles. The summed E-state index contributed by atoms with van der Waals surface area (Å²) in [5.74, 6) is 2.93. The Labute approximate surface area is 112 Å². The van der Waals surface area contributed by atoms with Crippen LogP contribution < -0.4 is 5.32 Å². The van der Waals surface area contributed by atoms with Gasteiger partial charge in [-0.15, -0.1) is 0 Å². The number of fused-ring (bicyclic) bond motifs is 1. The standard InChI is InChI=1S/C13H20N4S/c1-9(2)17-7-6-12(16-17)15-13-14-11-5-3-4-10(11)8-18-13/h6-7,9-11H,3-5,8H2,1-2H3,(H,14,15,16). The molecule has 0 radical (unpaired) electrons. The maximum absolute atomic E-state index is 4.81. The Morgan fingerprint density at radius 1 is 1.44 bits per heavy atom. The van der Waals surface area contributed by atoms with Gasteiger partial charge in [0.25, 0.3) is 0 Å². The maximum Gasteiger partial charge on any atom is 0.162 e. The molecule has 1 saturated carbocycles. The number of hydrogen-bond acceptors (Lipinski definition) is 4. The molecule has 4 nitrogen and oxygen atoms in total. The zero-order chi connectivity index (χ0) is 12.5. The molecular formula is C13H20N4S. The minimum Gasteiger partial charge on any atom is -0.318 e. The monoisotopic (exact) mass is 264 g/mol. The van der Waals surface area contributed by atoms with Gasteiger partial charge in [0.05, 0.1) is 6.04 Å². The molecular weight excluding hydrogens is 244 g/mol. The van der Waals surface area contributed by atoms with Gasteiger partial charge in [-0.3, -0.25) is 9.67 Å². The summed E-state index contributed by atoms with van der Waals surface area (Å²) in [7, 11) is 0. The van der Waals surface area contributed by atoms with Crippen molar-refractivity contribution in [2.24, 2.45) is 10.9 Å². The van der Waals surface area contributed by atoms with E-state index >= 15 is 0 Å². The maximum atomic E-state index is 4.81. The van der Waals surface area contributed by atoms with Gasteiger partial charge in [-0.25, -0.2) is 0 Å². The summed E-state index contributed by atoms with van der Waals surface area (Å²) in [5, 5.41) is 8.90. The summed E-state index contributed by atoms with van der Waals surface area (Å²) in [6.45, 7) is 4.26. The average Bonchev–Trinajstić information content (AvgIpc) is 2.96. The second-order valence-corrected chi connectivity index (χ2v) is 6.41. The van der Waals surface area contributed by atoms with E-state index in [1.54, 1.807) is 0 Å². The lowest BCUT2D eigenvalue weighted by molar-refractivity contribution is 0.533. The van der Waals surface area contributed by atoms with Gasteiger partial charge in [0.15, 0.2) is 11.0 Å². The van der Waals surface area contributed by atoms with Crippen LogP contribution in [0, 0.1) is 5.92 Å². The molecule has 1 aromatic rings. The fraction of sp³-hybridized carbons (Fsp3) is 0.692. The number of aliphatic imine (C=N–C) groups is 1. The molecule has 18 heavy (non-hydrogen) atoms. The van der Waals surface area contributed by atoms with E-state index in [-0.39, 0.29) is 0 Å². The van der Waals surface area contributed by atoms with Crippen LogP contribution in [0.4, 0.5) is 5.82 Å². The number of nitrogens with zero attached hydrogens (tertiary/aromatic N) is 3. The molecule has 2 aliphatic rings. The molecule has 0 saturated heterocycles. The van der Waals surface area contributed by atoms with Crippen LogP contribution in [0.2, 0.25) is 0 Å². The van der Waals surface area contributed by atoms with E-state index < -0.39 is 0 Å².